The topological polar surface area (TPSA) is 70.0 Å². The van der Waals surface area contributed by atoms with Gasteiger partial charge in [0.15, 0.2) is 5.88 Å². The molecule has 1 heterocycles. The van der Waals surface area contributed by atoms with Gasteiger partial charge in [-0.25, -0.2) is 4.79 Å². The highest BCUT2D eigenvalue weighted by Gasteiger charge is 2.18. The van der Waals surface area contributed by atoms with Gasteiger partial charge in [0.05, 0.1) is 25.8 Å². The van der Waals surface area contributed by atoms with E-state index in [1.165, 1.54) is 13.2 Å². The van der Waals surface area contributed by atoms with Gasteiger partial charge >= 0.3 is 5.97 Å². The van der Waals surface area contributed by atoms with Gasteiger partial charge in [-0.15, -0.1) is 0 Å². The molecular weight excluding hydrogens is 186 g/mol. The zero-order valence-electron chi connectivity index (χ0n) is 7.93. The highest BCUT2D eigenvalue weighted by atomic mass is 16.5. The average molecular weight is 199 g/mol. The minimum Gasteiger partial charge on any atom is -0.482 e. The van der Waals surface area contributed by atoms with Gasteiger partial charge in [0, 0.05) is 6.54 Å². The van der Waals surface area contributed by atoms with Gasteiger partial charge in [-0.1, -0.05) is 0 Å². The van der Waals surface area contributed by atoms with Crippen molar-refractivity contribution in [1.82, 2.24) is 4.90 Å². The fourth-order valence-corrected chi connectivity index (χ4v) is 1.26. The fraction of sp³-hybridized carbons (Fsp3) is 0.444. The lowest BCUT2D eigenvalue weighted by Gasteiger charge is -2.27. The van der Waals surface area contributed by atoms with Crippen molar-refractivity contribution in [1.29, 1.82) is 0 Å². The third kappa shape index (κ3) is 2.26. The quantitative estimate of drug-likeness (QED) is 0.655. The number of hydrogen-bond donors (Lipinski definition) is 2. The second-order valence-corrected chi connectivity index (χ2v) is 2.85. The summed E-state index contributed by atoms with van der Waals surface area (Å²) in [5, 5.41) is 17.5. The Bertz CT molecular complexity index is 283. The third-order valence-electron chi connectivity index (χ3n) is 1.95. The van der Waals surface area contributed by atoms with Crippen LogP contribution in [0, 0.1) is 0 Å². The van der Waals surface area contributed by atoms with E-state index in [2.05, 4.69) is 0 Å². The van der Waals surface area contributed by atoms with Gasteiger partial charge in [-0.05, 0) is 12.2 Å². The van der Waals surface area contributed by atoms with Crippen LogP contribution in [0.5, 0.6) is 0 Å². The molecule has 1 rings (SSSR count). The summed E-state index contributed by atoms with van der Waals surface area (Å²) < 4.78 is 5.02. The SMILES string of the molecule is COC1=CC=C(C(=O)O)CN1CCO. The molecule has 0 fully saturated rings. The molecule has 1 aliphatic rings. The van der Waals surface area contributed by atoms with E-state index in [1.807, 2.05) is 0 Å². The molecule has 0 aromatic rings. The van der Waals surface area contributed by atoms with Crippen LogP contribution in [-0.2, 0) is 9.53 Å². The zero-order valence-corrected chi connectivity index (χ0v) is 7.93. The summed E-state index contributed by atoms with van der Waals surface area (Å²) in [5.41, 5.74) is 0.291. The van der Waals surface area contributed by atoms with E-state index in [1.54, 1.807) is 11.0 Å². The number of methoxy groups -OCH3 is 1. The highest BCUT2D eigenvalue weighted by molar-refractivity contribution is 5.87. The molecule has 1 aliphatic heterocycles. The standard InChI is InChI=1S/C9H13NO4/c1-14-8-3-2-7(9(12)13)6-10(8)4-5-11/h2-3,11H,4-6H2,1H3,(H,12,13). The van der Waals surface area contributed by atoms with E-state index >= 15 is 0 Å². The molecule has 0 saturated carbocycles. The van der Waals surface area contributed by atoms with Crippen molar-refractivity contribution < 1.29 is 19.7 Å². The van der Waals surface area contributed by atoms with Crippen LogP contribution in [0.3, 0.4) is 0 Å². The van der Waals surface area contributed by atoms with Gasteiger partial charge in [0.1, 0.15) is 0 Å². The molecule has 5 heteroatoms. The van der Waals surface area contributed by atoms with Crippen molar-refractivity contribution in [3.05, 3.63) is 23.6 Å². The Balaban J connectivity index is 2.77. The molecule has 0 spiro atoms. The van der Waals surface area contributed by atoms with Crippen LogP contribution in [0.15, 0.2) is 23.6 Å². The van der Waals surface area contributed by atoms with E-state index in [0.29, 0.717) is 18.0 Å². The molecule has 14 heavy (non-hydrogen) atoms. The number of hydrogen-bond acceptors (Lipinski definition) is 4. The number of aliphatic hydroxyl groups excluding tert-OH is 1. The Hall–Kier alpha value is -1.49. The summed E-state index contributed by atoms with van der Waals surface area (Å²) in [6.07, 6.45) is 3.09. The van der Waals surface area contributed by atoms with Crippen molar-refractivity contribution in [3.8, 4) is 0 Å². The first-order valence-corrected chi connectivity index (χ1v) is 4.23. The number of aliphatic hydroxyl groups is 1. The predicted octanol–water partition coefficient (Wildman–Crippen LogP) is -0.207. The third-order valence-corrected chi connectivity index (χ3v) is 1.95. The Kier molecular flexibility index (Phi) is 3.53. The van der Waals surface area contributed by atoms with Crippen molar-refractivity contribution in [2.75, 3.05) is 26.8 Å². The lowest BCUT2D eigenvalue weighted by atomic mass is 10.2. The molecule has 5 nitrogen and oxygen atoms in total. The maximum Gasteiger partial charge on any atom is 0.333 e. The van der Waals surface area contributed by atoms with E-state index < -0.39 is 5.97 Å². The summed E-state index contributed by atoms with van der Waals surface area (Å²) in [6.45, 7) is 0.591. The van der Waals surface area contributed by atoms with Crippen LogP contribution in [0.2, 0.25) is 0 Å². The van der Waals surface area contributed by atoms with E-state index in [4.69, 9.17) is 14.9 Å². The largest absolute Gasteiger partial charge is 0.482 e. The second-order valence-electron chi connectivity index (χ2n) is 2.85. The number of nitrogens with zero attached hydrogens (tertiary/aromatic N) is 1. The summed E-state index contributed by atoms with van der Waals surface area (Å²) in [4.78, 5) is 12.3. The molecule has 0 amide bonds. The van der Waals surface area contributed by atoms with Crippen LogP contribution >= 0.6 is 0 Å². The van der Waals surface area contributed by atoms with Crippen molar-refractivity contribution in [3.63, 3.8) is 0 Å². The van der Waals surface area contributed by atoms with Crippen LogP contribution in [0.25, 0.3) is 0 Å². The Morgan fingerprint density at radius 3 is 2.86 bits per heavy atom. The normalized spacial score (nSPS) is 16.0. The van der Waals surface area contributed by atoms with Crippen molar-refractivity contribution in [2.45, 2.75) is 0 Å². The monoisotopic (exact) mass is 199 g/mol. The number of aliphatic carboxylic acids is 1. The van der Waals surface area contributed by atoms with Gasteiger partial charge < -0.3 is 19.8 Å². The average Bonchev–Trinajstić information content (AvgIpc) is 2.18. The molecule has 0 aromatic carbocycles. The van der Waals surface area contributed by atoms with Gasteiger partial charge in [0.2, 0.25) is 0 Å². The van der Waals surface area contributed by atoms with E-state index in [0.717, 1.165) is 0 Å². The Morgan fingerprint density at radius 2 is 2.36 bits per heavy atom. The maximum absolute atomic E-state index is 10.7. The van der Waals surface area contributed by atoms with Crippen molar-refractivity contribution in [2.24, 2.45) is 0 Å². The summed E-state index contributed by atoms with van der Waals surface area (Å²) >= 11 is 0. The minimum atomic E-state index is -0.945. The summed E-state index contributed by atoms with van der Waals surface area (Å²) in [7, 11) is 1.51. The maximum atomic E-state index is 10.7. The molecule has 0 bridgehead atoms. The lowest BCUT2D eigenvalue weighted by Crippen LogP contribution is -2.32. The minimum absolute atomic E-state index is 0.0341. The van der Waals surface area contributed by atoms with Crippen LogP contribution < -0.4 is 0 Å². The number of allylic oxidation sites excluding steroid dienone is 2. The summed E-state index contributed by atoms with van der Waals surface area (Å²) in [6, 6.07) is 0. The number of carboxylic acids is 1. The Labute approximate surface area is 81.9 Å². The van der Waals surface area contributed by atoms with Gasteiger partial charge in [-0.3, -0.25) is 0 Å². The first-order chi connectivity index (χ1) is 6.69. The number of carbonyl (C=O) groups is 1. The molecule has 0 aliphatic carbocycles. The zero-order chi connectivity index (χ0) is 10.6. The molecule has 0 atom stereocenters. The van der Waals surface area contributed by atoms with Gasteiger partial charge in [-0.2, -0.15) is 0 Å². The van der Waals surface area contributed by atoms with Crippen LogP contribution in [0.1, 0.15) is 0 Å². The molecular formula is C9H13NO4. The van der Waals surface area contributed by atoms with Crippen LogP contribution in [-0.4, -0.2) is 47.9 Å². The van der Waals surface area contributed by atoms with E-state index in [-0.39, 0.29) is 13.2 Å². The number of rotatable bonds is 4. The number of β-amino-alcohol motifs (C(OH)–C–C–N with tert-alkyl or cyclic N) is 1. The fourth-order valence-electron chi connectivity index (χ4n) is 1.26. The highest BCUT2D eigenvalue weighted by Crippen LogP contribution is 2.14. The molecule has 0 radical (unpaired) electrons. The number of ether oxygens (including phenoxy) is 1. The number of carboxylic acid groups (broad SMARTS) is 1. The molecule has 78 valence electrons. The summed E-state index contributed by atoms with van der Waals surface area (Å²) in [5.74, 6) is -0.372. The molecule has 2 N–H and O–H groups in total. The van der Waals surface area contributed by atoms with E-state index in [9.17, 15) is 4.79 Å². The first kappa shape index (κ1) is 10.6. The lowest BCUT2D eigenvalue weighted by molar-refractivity contribution is -0.133. The smallest absolute Gasteiger partial charge is 0.333 e. The Morgan fingerprint density at radius 1 is 1.64 bits per heavy atom. The first-order valence-electron chi connectivity index (χ1n) is 4.23. The molecule has 0 unspecified atom stereocenters. The predicted molar refractivity (Wildman–Crippen MR) is 49.5 cm³/mol. The molecule has 0 aromatic heterocycles. The molecule has 0 saturated heterocycles. The second kappa shape index (κ2) is 4.66. The van der Waals surface area contributed by atoms with Gasteiger partial charge in [0.25, 0.3) is 0 Å². The van der Waals surface area contributed by atoms with Crippen molar-refractivity contribution >= 4 is 5.97 Å². The van der Waals surface area contributed by atoms with Crippen LogP contribution in [0.4, 0.5) is 0 Å².